The van der Waals surface area contributed by atoms with Crippen LogP contribution in [0.2, 0.25) is 0 Å². The molecule has 0 fully saturated rings. The molecule has 1 N–H and O–H groups in total. The second kappa shape index (κ2) is 10.1. The molecule has 0 aliphatic rings. The van der Waals surface area contributed by atoms with E-state index in [-0.39, 0.29) is 6.61 Å². The number of carboxylic acids is 2. The van der Waals surface area contributed by atoms with E-state index in [2.05, 4.69) is 6.92 Å². The van der Waals surface area contributed by atoms with Gasteiger partial charge in [0.25, 0.3) is 0 Å². The molecular formula is C14H22O7-2. The second-order valence-electron chi connectivity index (χ2n) is 5.03. The Morgan fingerprint density at radius 2 is 1.57 bits per heavy atom. The highest BCUT2D eigenvalue weighted by Gasteiger charge is 2.32. The van der Waals surface area contributed by atoms with Crippen molar-refractivity contribution in [1.29, 1.82) is 0 Å². The number of hydrogen-bond donors (Lipinski definition) is 1. The van der Waals surface area contributed by atoms with Crippen LogP contribution in [-0.4, -0.2) is 35.2 Å². The van der Waals surface area contributed by atoms with Crippen LogP contribution in [-0.2, 0) is 19.1 Å². The van der Waals surface area contributed by atoms with E-state index in [0.29, 0.717) is 6.42 Å². The van der Waals surface area contributed by atoms with E-state index in [4.69, 9.17) is 4.74 Å². The van der Waals surface area contributed by atoms with Crippen LogP contribution in [0.3, 0.4) is 0 Å². The zero-order valence-corrected chi connectivity index (χ0v) is 12.3. The van der Waals surface area contributed by atoms with Gasteiger partial charge >= 0.3 is 5.97 Å². The Hall–Kier alpha value is -1.63. The van der Waals surface area contributed by atoms with Gasteiger partial charge in [-0.05, 0) is 6.42 Å². The van der Waals surface area contributed by atoms with Gasteiger partial charge in [0, 0.05) is 12.4 Å². The normalized spacial score (nSPS) is 13.4. The Morgan fingerprint density at radius 3 is 2.10 bits per heavy atom. The zero-order chi connectivity index (χ0) is 16.3. The molecule has 0 saturated carbocycles. The topological polar surface area (TPSA) is 127 Å². The van der Waals surface area contributed by atoms with Crippen molar-refractivity contribution in [3.63, 3.8) is 0 Å². The summed E-state index contributed by atoms with van der Waals surface area (Å²) in [6, 6.07) is 0. The van der Waals surface area contributed by atoms with Crippen molar-refractivity contribution in [2.75, 3.05) is 6.61 Å². The van der Waals surface area contributed by atoms with Crippen molar-refractivity contribution >= 4 is 17.9 Å². The molecule has 0 bridgehead atoms. The third-order valence-electron chi connectivity index (χ3n) is 3.01. The van der Waals surface area contributed by atoms with Gasteiger partial charge in [0.05, 0.1) is 19.0 Å². The molecule has 7 nitrogen and oxygen atoms in total. The average molecular weight is 302 g/mol. The highest BCUT2D eigenvalue weighted by Crippen LogP contribution is 2.15. The highest BCUT2D eigenvalue weighted by atomic mass is 16.5. The molecule has 21 heavy (non-hydrogen) atoms. The Labute approximate surface area is 123 Å². The summed E-state index contributed by atoms with van der Waals surface area (Å²) in [6.07, 6.45) is 3.76. The molecule has 7 heteroatoms. The van der Waals surface area contributed by atoms with Crippen molar-refractivity contribution in [3.05, 3.63) is 0 Å². The number of aliphatic hydroxyl groups is 1. The third-order valence-corrected chi connectivity index (χ3v) is 3.01. The molecule has 0 aliphatic carbocycles. The monoisotopic (exact) mass is 302 g/mol. The van der Waals surface area contributed by atoms with E-state index in [1.54, 1.807) is 0 Å². The maximum absolute atomic E-state index is 11.4. The number of carbonyl (C=O) groups is 3. The first-order chi connectivity index (χ1) is 9.81. The highest BCUT2D eigenvalue weighted by molar-refractivity contribution is 5.87. The van der Waals surface area contributed by atoms with Gasteiger partial charge in [-0.3, -0.25) is 4.79 Å². The van der Waals surface area contributed by atoms with Gasteiger partial charge in [0.15, 0.2) is 0 Å². The van der Waals surface area contributed by atoms with Crippen molar-refractivity contribution in [3.8, 4) is 0 Å². The Kier molecular flexibility index (Phi) is 9.36. The van der Waals surface area contributed by atoms with Crippen LogP contribution < -0.4 is 10.2 Å². The molecule has 0 radical (unpaired) electrons. The predicted octanol–water partition coefficient (Wildman–Crippen LogP) is -1.10. The summed E-state index contributed by atoms with van der Waals surface area (Å²) in [4.78, 5) is 32.5. The summed E-state index contributed by atoms with van der Waals surface area (Å²) in [5, 5.41) is 30.6. The van der Waals surface area contributed by atoms with E-state index in [9.17, 15) is 29.7 Å². The molecule has 0 aromatic heterocycles. The first kappa shape index (κ1) is 19.4. The fourth-order valence-electron chi connectivity index (χ4n) is 1.80. The molecule has 0 rings (SSSR count). The first-order valence-electron chi connectivity index (χ1n) is 7.11. The summed E-state index contributed by atoms with van der Waals surface area (Å²) in [7, 11) is 0. The SMILES string of the molecule is CCCCCCCCOC(=O)CC(O)(CC(=O)[O-])C(=O)[O-]. The fraction of sp³-hybridized carbons (Fsp3) is 0.786. The molecule has 0 saturated heterocycles. The van der Waals surface area contributed by atoms with Gasteiger partial charge in [-0.2, -0.15) is 0 Å². The van der Waals surface area contributed by atoms with Crippen LogP contribution in [0.25, 0.3) is 0 Å². The smallest absolute Gasteiger partial charge is 0.309 e. The molecule has 1 atom stereocenters. The van der Waals surface area contributed by atoms with Gasteiger partial charge in [-0.25, -0.2) is 0 Å². The molecule has 122 valence electrons. The van der Waals surface area contributed by atoms with E-state index in [1.807, 2.05) is 0 Å². The lowest BCUT2D eigenvalue weighted by atomic mass is 9.96. The summed E-state index contributed by atoms with van der Waals surface area (Å²) in [5.41, 5.74) is -2.79. The summed E-state index contributed by atoms with van der Waals surface area (Å²) >= 11 is 0. The fourth-order valence-corrected chi connectivity index (χ4v) is 1.80. The minimum Gasteiger partial charge on any atom is -0.550 e. The maximum atomic E-state index is 11.4. The van der Waals surface area contributed by atoms with Crippen LogP contribution in [0, 0.1) is 0 Å². The number of carbonyl (C=O) groups excluding carboxylic acids is 3. The number of aliphatic carboxylic acids is 2. The molecule has 0 amide bonds. The molecule has 0 spiro atoms. The number of esters is 1. The first-order valence-corrected chi connectivity index (χ1v) is 7.11. The Balaban J connectivity index is 4.00. The van der Waals surface area contributed by atoms with Crippen LogP contribution >= 0.6 is 0 Å². The number of hydrogen-bond acceptors (Lipinski definition) is 7. The van der Waals surface area contributed by atoms with Gasteiger partial charge in [-0.15, -0.1) is 0 Å². The van der Waals surface area contributed by atoms with Crippen LogP contribution in [0.15, 0.2) is 0 Å². The molecule has 0 aliphatic heterocycles. The van der Waals surface area contributed by atoms with Crippen molar-refractivity contribution < 1.29 is 34.4 Å². The Bertz CT molecular complexity index is 353. The predicted molar refractivity (Wildman–Crippen MR) is 68.5 cm³/mol. The zero-order valence-electron chi connectivity index (χ0n) is 12.3. The van der Waals surface area contributed by atoms with Gasteiger partial charge in [-0.1, -0.05) is 39.0 Å². The largest absolute Gasteiger partial charge is 0.550 e. The summed E-state index contributed by atoms with van der Waals surface area (Å²) < 4.78 is 4.77. The number of ether oxygens (including phenoxy) is 1. The lowest BCUT2D eigenvalue weighted by Crippen LogP contribution is -2.52. The maximum Gasteiger partial charge on any atom is 0.309 e. The van der Waals surface area contributed by atoms with E-state index in [0.717, 1.165) is 32.1 Å². The minimum absolute atomic E-state index is 0.111. The molecule has 0 aromatic carbocycles. The standard InChI is InChI=1S/C14H24O7/c1-2-3-4-5-6-7-8-21-12(17)10-14(20,13(18)19)9-11(15)16/h20H,2-10H2,1H3,(H,15,16)(H,18,19)/p-2. The lowest BCUT2D eigenvalue weighted by Gasteiger charge is -2.28. The quantitative estimate of drug-likeness (QED) is 0.358. The van der Waals surface area contributed by atoms with E-state index < -0.39 is 36.4 Å². The van der Waals surface area contributed by atoms with Crippen molar-refractivity contribution in [2.45, 2.75) is 63.9 Å². The van der Waals surface area contributed by atoms with Crippen LogP contribution in [0.5, 0.6) is 0 Å². The van der Waals surface area contributed by atoms with Crippen LogP contribution in [0.4, 0.5) is 0 Å². The van der Waals surface area contributed by atoms with E-state index in [1.165, 1.54) is 0 Å². The summed E-state index contributed by atoms with van der Waals surface area (Å²) in [6.45, 7) is 2.21. The molecule has 0 aromatic rings. The number of rotatable bonds is 12. The average Bonchev–Trinajstić information content (AvgIpc) is 2.36. The summed E-state index contributed by atoms with van der Waals surface area (Å²) in [5.74, 6) is -4.80. The van der Waals surface area contributed by atoms with Gasteiger partial charge < -0.3 is 29.6 Å². The number of unbranched alkanes of at least 4 members (excludes halogenated alkanes) is 5. The van der Waals surface area contributed by atoms with Crippen LogP contribution in [0.1, 0.15) is 58.3 Å². The van der Waals surface area contributed by atoms with Crippen molar-refractivity contribution in [1.82, 2.24) is 0 Å². The molecule has 0 heterocycles. The minimum atomic E-state index is -2.79. The van der Waals surface area contributed by atoms with Gasteiger partial charge in [0.1, 0.15) is 5.60 Å². The Morgan fingerprint density at radius 1 is 1.00 bits per heavy atom. The van der Waals surface area contributed by atoms with Crippen molar-refractivity contribution in [2.24, 2.45) is 0 Å². The second-order valence-corrected chi connectivity index (χ2v) is 5.03. The lowest BCUT2D eigenvalue weighted by molar-refractivity contribution is -0.333. The van der Waals surface area contributed by atoms with E-state index >= 15 is 0 Å². The third kappa shape index (κ3) is 9.01. The molecular weight excluding hydrogens is 280 g/mol. The number of carboxylic acid groups (broad SMARTS) is 2. The van der Waals surface area contributed by atoms with Gasteiger partial charge in [0.2, 0.25) is 0 Å². The molecule has 1 unspecified atom stereocenters.